The van der Waals surface area contributed by atoms with Crippen LogP contribution in [0.4, 0.5) is 0 Å². The minimum atomic E-state index is -4.21. The maximum atomic E-state index is 10.2. The molecule has 0 fully saturated rings. The molecule has 0 aromatic heterocycles. The Hall–Kier alpha value is -0.0138. The van der Waals surface area contributed by atoms with Crippen LogP contribution in [0.1, 0.15) is 117 Å². The average molecular weight is 579 g/mol. The number of hydrogen-bond acceptors (Lipinski definition) is 8. The summed E-state index contributed by atoms with van der Waals surface area (Å²) in [5.74, 6) is 0. The van der Waals surface area contributed by atoms with E-state index in [9.17, 15) is 25.9 Å². The molecular weight excluding hydrogens is 529 g/mol. The normalized spacial score (nSPS) is 12.0. The molecule has 0 N–H and O–H groups in total. The van der Waals surface area contributed by atoms with Crippen LogP contribution in [0, 0.1) is 0 Å². The van der Waals surface area contributed by atoms with E-state index >= 15 is 0 Å². The monoisotopic (exact) mass is 578 g/mol. The summed E-state index contributed by atoms with van der Waals surface area (Å²) in [6.45, 7) is 7.20. The van der Waals surface area contributed by atoms with Crippen molar-refractivity contribution in [3.63, 3.8) is 0 Å². The Morgan fingerprint density at radius 3 is 1.14 bits per heavy atom. The summed E-state index contributed by atoms with van der Waals surface area (Å²) in [6, 6.07) is 0. The first-order chi connectivity index (χ1) is 17.1. The van der Waals surface area contributed by atoms with Gasteiger partial charge in [0, 0.05) is 37.2 Å². The first-order valence-electron chi connectivity index (χ1n) is 13.5. The molecule has 0 aromatic carbocycles. The van der Waals surface area contributed by atoms with E-state index in [1.165, 1.54) is 76.4 Å². The minimum Gasteiger partial charge on any atom is -0.744 e. The smallest absolute Gasteiger partial charge is 0.744 e. The van der Waals surface area contributed by atoms with E-state index < -0.39 is 20.2 Å². The predicted octanol–water partition coefficient (Wildman–Crippen LogP) is 6.02. The fourth-order valence-electron chi connectivity index (χ4n) is 3.15. The van der Waals surface area contributed by atoms with Crippen molar-refractivity contribution in [3.8, 4) is 0 Å². The van der Waals surface area contributed by atoms with Crippen LogP contribution in [0.3, 0.4) is 0 Å². The van der Waals surface area contributed by atoms with Crippen LogP contribution in [0.25, 0.3) is 0 Å². The Kier molecular flexibility index (Phi) is 34.2. The molecule has 0 rings (SSSR count). The molecule has 0 unspecified atom stereocenters. The average Bonchev–Trinajstić information content (AvgIpc) is 2.79. The first-order valence-corrected chi connectivity index (χ1v) is 16.5. The molecule has 0 spiro atoms. The Balaban J connectivity index is -0.000000608. The van der Waals surface area contributed by atoms with Gasteiger partial charge in [-0.05, 0) is 38.5 Å². The van der Waals surface area contributed by atoms with Gasteiger partial charge in [0.1, 0.15) is 20.2 Å². The molecule has 0 aliphatic carbocycles. The van der Waals surface area contributed by atoms with E-state index in [4.69, 9.17) is 9.47 Å². The van der Waals surface area contributed by atoms with Gasteiger partial charge in [-0.1, -0.05) is 90.2 Å². The number of unbranched alkanes of at least 4 members (excludes halogenated alkanes) is 12. The Morgan fingerprint density at radius 2 is 0.811 bits per heavy atom. The molecule has 0 saturated carbocycles. The molecule has 0 aliphatic heterocycles. The van der Waals surface area contributed by atoms with E-state index in [2.05, 4.69) is 13.8 Å². The third kappa shape index (κ3) is 46.2. The van der Waals surface area contributed by atoms with Crippen molar-refractivity contribution < 1.29 is 35.4 Å². The Labute approximate surface area is 243 Å². The standard InChI is InChI=1S/2C13H26O4S.Mg/c2*1-2-3-4-5-6-8-11-17-12-9-7-10-13-18(14,15)16;/h2*10,13H,2-9,11-12H2,1H3,(H,14,15,16);/q;;+2/p-2. The van der Waals surface area contributed by atoms with Crippen molar-refractivity contribution in [2.24, 2.45) is 0 Å². The van der Waals surface area contributed by atoms with Gasteiger partial charge in [-0.3, -0.25) is 0 Å². The quantitative estimate of drug-likeness (QED) is 0.0770. The summed E-state index contributed by atoms with van der Waals surface area (Å²) >= 11 is 0. The van der Waals surface area contributed by atoms with E-state index in [-0.39, 0.29) is 23.1 Å². The molecule has 0 saturated heterocycles. The van der Waals surface area contributed by atoms with Gasteiger partial charge in [0.15, 0.2) is 0 Å². The van der Waals surface area contributed by atoms with Gasteiger partial charge in [0.25, 0.3) is 0 Å². The van der Waals surface area contributed by atoms with Gasteiger partial charge in [-0.25, -0.2) is 16.8 Å². The summed E-state index contributed by atoms with van der Waals surface area (Å²) < 4.78 is 72.3. The molecule has 11 heteroatoms. The fraction of sp³-hybridized carbons (Fsp3) is 0.846. The minimum absolute atomic E-state index is 0. The predicted molar refractivity (Wildman–Crippen MR) is 150 cm³/mol. The Bertz CT molecular complexity index is 661. The zero-order valence-electron chi connectivity index (χ0n) is 23.2. The maximum absolute atomic E-state index is 10.2. The van der Waals surface area contributed by atoms with Gasteiger partial charge in [-0.2, -0.15) is 0 Å². The number of hydrogen-bond donors (Lipinski definition) is 0. The summed E-state index contributed by atoms with van der Waals surface area (Å²) in [4.78, 5) is 0. The molecule has 0 aromatic rings. The van der Waals surface area contributed by atoms with Crippen LogP contribution >= 0.6 is 0 Å². The molecule has 8 nitrogen and oxygen atoms in total. The summed E-state index contributed by atoms with van der Waals surface area (Å²) in [5.41, 5.74) is 0. The van der Waals surface area contributed by atoms with Crippen LogP contribution in [0.15, 0.2) is 23.0 Å². The second kappa shape index (κ2) is 30.5. The third-order valence-corrected chi connectivity index (χ3v) is 6.18. The van der Waals surface area contributed by atoms with Crippen molar-refractivity contribution in [2.45, 2.75) is 117 Å². The summed E-state index contributed by atoms with van der Waals surface area (Å²) in [7, 11) is -8.42. The molecule has 0 radical (unpaired) electrons. The van der Waals surface area contributed by atoms with E-state index in [1.54, 1.807) is 0 Å². The summed E-state index contributed by atoms with van der Waals surface area (Å²) in [6.07, 6.45) is 20.4. The molecule has 216 valence electrons. The van der Waals surface area contributed by atoms with Gasteiger partial charge >= 0.3 is 23.1 Å². The first kappa shape index (κ1) is 41.5. The maximum Gasteiger partial charge on any atom is 2.00 e. The molecule has 0 aliphatic rings. The van der Waals surface area contributed by atoms with Crippen LogP contribution in [0.5, 0.6) is 0 Å². The van der Waals surface area contributed by atoms with Crippen molar-refractivity contribution in [1.29, 1.82) is 0 Å². The Morgan fingerprint density at radius 1 is 0.514 bits per heavy atom. The number of ether oxygens (including phenoxy) is 2. The molecular formula is C26H50MgO8S2. The van der Waals surface area contributed by atoms with Crippen LogP contribution in [0.2, 0.25) is 0 Å². The second-order valence-corrected chi connectivity index (χ2v) is 11.3. The van der Waals surface area contributed by atoms with Crippen molar-refractivity contribution >= 4 is 43.3 Å². The van der Waals surface area contributed by atoms with Crippen LogP contribution in [-0.4, -0.2) is 75.4 Å². The van der Waals surface area contributed by atoms with Crippen molar-refractivity contribution in [1.82, 2.24) is 0 Å². The number of allylic oxidation sites excluding steroid dienone is 2. The zero-order chi connectivity index (χ0) is 27.4. The molecule has 37 heavy (non-hydrogen) atoms. The van der Waals surface area contributed by atoms with Gasteiger partial charge in [-0.15, -0.1) is 0 Å². The van der Waals surface area contributed by atoms with Crippen molar-refractivity contribution in [3.05, 3.63) is 23.0 Å². The van der Waals surface area contributed by atoms with E-state index in [1.807, 2.05) is 0 Å². The third-order valence-electron chi connectivity index (χ3n) is 5.13. The molecule has 0 bridgehead atoms. The zero-order valence-corrected chi connectivity index (χ0v) is 26.3. The van der Waals surface area contributed by atoms with Crippen LogP contribution in [-0.2, 0) is 29.7 Å². The molecule has 0 heterocycles. The summed E-state index contributed by atoms with van der Waals surface area (Å²) in [5, 5.41) is 1.42. The van der Waals surface area contributed by atoms with Crippen molar-refractivity contribution in [2.75, 3.05) is 26.4 Å². The van der Waals surface area contributed by atoms with Gasteiger partial charge in [0.2, 0.25) is 0 Å². The topological polar surface area (TPSA) is 133 Å². The largest absolute Gasteiger partial charge is 2.00 e. The van der Waals surface area contributed by atoms with Crippen LogP contribution < -0.4 is 0 Å². The van der Waals surface area contributed by atoms with E-state index in [0.29, 0.717) is 36.9 Å². The molecule has 0 amide bonds. The second-order valence-electron chi connectivity index (χ2n) is 8.77. The molecule has 0 atom stereocenters. The van der Waals surface area contributed by atoms with Gasteiger partial charge in [0.05, 0.1) is 0 Å². The fourth-order valence-corrected chi connectivity index (χ4v) is 3.89. The van der Waals surface area contributed by atoms with E-state index in [0.717, 1.165) is 38.9 Å². The number of rotatable bonds is 24. The SMILES string of the molecule is CCCCCCCCOCCCC=CS(=O)(=O)[O-].CCCCCCCCOCCCC=CS(=O)(=O)[O-].[Mg+2]. The van der Waals surface area contributed by atoms with Gasteiger partial charge < -0.3 is 18.6 Å².